The first-order chi connectivity index (χ1) is 11.5. The summed E-state index contributed by atoms with van der Waals surface area (Å²) in [6, 6.07) is 7.65. The van der Waals surface area contributed by atoms with Crippen LogP contribution in [0.15, 0.2) is 34.6 Å². The first kappa shape index (κ1) is 19.0. The van der Waals surface area contributed by atoms with E-state index in [4.69, 9.17) is 17.4 Å². The molecule has 2 N–H and O–H groups in total. The van der Waals surface area contributed by atoms with Crippen LogP contribution in [0.3, 0.4) is 0 Å². The van der Waals surface area contributed by atoms with Gasteiger partial charge in [-0.2, -0.15) is 0 Å². The van der Waals surface area contributed by atoms with Gasteiger partial charge in [0, 0.05) is 23.9 Å². The lowest BCUT2D eigenvalue weighted by Gasteiger charge is -2.17. The zero-order chi connectivity index (χ0) is 17.5. The van der Waals surface area contributed by atoms with Crippen molar-refractivity contribution < 1.29 is 4.79 Å². The molecule has 24 heavy (non-hydrogen) atoms. The third-order valence-corrected chi connectivity index (χ3v) is 5.51. The van der Waals surface area contributed by atoms with E-state index in [1.165, 1.54) is 28.2 Å². The Hall–Kier alpha value is -1.38. The third-order valence-electron chi connectivity index (χ3n) is 3.33. The monoisotopic (exact) mass is 385 g/mol. The SMILES string of the molecule is CCN(CC)C(=O)CSc1nnc(SCc2cccc(Cl)c2)n1N. The van der Waals surface area contributed by atoms with E-state index in [0.717, 1.165) is 5.56 Å². The smallest absolute Gasteiger partial charge is 0.233 e. The van der Waals surface area contributed by atoms with Crippen LogP contribution in [0, 0.1) is 0 Å². The fourth-order valence-corrected chi connectivity index (χ4v) is 3.86. The van der Waals surface area contributed by atoms with E-state index < -0.39 is 0 Å². The molecule has 2 rings (SSSR count). The Labute approximate surface area is 155 Å². The minimum Gasteiger partial charge on any atom is -0.343 e. The summed E-state index contributed by atoms with van der Waals surface area (Å²) >= 11 is 8.75. The van der Waals surface area contributed by atoms with Gasteiger partial charge in [0.15, 0.2) is 0 Å². The summed E-state index contributed by atoms with van der Waals surface area (Å²) in [5.74, 6) is 7.09. The zero-order valence-electron chi connectivity index (χ0n) is 13.6. The van der Waals surface area contributed by atoms with Crippen LogP contribution >= 0.6 is 35.1 Å². The molecule has 0 bridgehead atoms. The maximum absolute atomic E-state index is 12.0. The molecule has 0 spiro atoms. The maximum Gasteiger partial charge on any atom is 0.233 e. The van der Waals surface area contributed by atoms with Crippen LogP contribution < -0.4 is 5.84 Å². The number of hydrogen-bond donors (Lipinski definition) is 1. The highest BCUT2D eigenvalue weighted by molar-refractivity contribution is 8.00. The second kappa shape index (κ2) is 9.19. The molecule has 6 nitrogen and oxygen atoms in total. The van der Waals surface area contributed by atoms with E-state index in [9.17, 15) is 4.79 Å². The Morgan fingerprint density at radius 2 is 1.92 bits per heavy atom. The van der Waals surface area contributed by atoms with E-state index >= 15 is 0 Å². The van der Waals surface area contributed by atoms with E-state index in [-0.39, 0.29) is 5.91 Å². The van der Waals surface area contributed by atoms with Crippen LogP contribution in [-0.4, -0.2) is 44.5 Å². The fourth-order valence-electron chi connectivity index (χ4n) is 2.03. The minimum absolute atomic E-state index is 0.0705. The molecule has 9 heteroatoms. The summed E-state index contributed by atoms with van der Waals surface area (Å²) in [4.78, 5) is 13.8. The first-order valence-electron chi connectivity index (χ1n) is 7.53. The van der Waals surface area contributed by atoms with Crippen LogP contribution in [0.25, 0.3) is 0 Å². The summed E-state index contributed by atoms with van der Waals surface area (Å²) in [7, 11) is 0. The van der Waals surface area contributed by atoms with Crippen molar-refractivity contribution in [3.63, 3.8) is 0 Å². The molecule has 0 atom stereocenters. The predicted octanol–water partition coefficient (Wildman–Crippen LogP) is 2.90. The molecular weight excluding hydrogens is 366 g/mol. The molecule has 0 aliphatic carbocycles. The first-order valence-corrected chi connectivity index (χ1v) is 9.88. The molecule has 0 fully saturated rings. The van der Waals surface area contributed by atoms with Gasteiger partial charge in [0.1, 0.15) is 0 Å². The van der Waals surface area contributed by atoms with E-state index in [1.54, 1.807) is 4.90 Å². The number of rotatable bonds is 8. The van der Waals surface area contributed by atoms with Gasteiger partial charge in [0.2, 0.25) is 16.2 Å². The van der Waals surface area contributed by atoms with Crippen LogP contribution in [0.2, 0.25) is 5.02 Å². The molecule has 130 valence electrons. The van der Waals surface area contributed by atoms with Gasteiger partial charge in [-0.3, -0.25) is 4.79 Å². The predicted molar refractivity (Wildman–Crippen MR) is 99.8 cm³/mol. The zero-order valence-corrected chi connectivity index (χ0v) is 16.0. The van der Waals surface area contributed by atoms with Crippen molar-refractivity contribution in [2.45, 2.75) is 29.9 Å². The number of nitrogens with two attached hydrogens (primary N) is 1. The molecule has 0 radical (unpaired) electrons. The van der Waals surface area contributed by atoms with Crippen molar-refractivity contribution in [3.05, 3.63) is 34.9 Å². The second-order valence-electron chi connectivity index (χ2n) is 4.91. The number of carbonyl (C=O) groups excluding carboxylic acids is 1. The number of amides is 1. The summed E-state index contributed by atoms with van der Waals surface area (Å²) in [6.45, 7) is 5.32. The van der Waals surface area contributed by atoms with E-state index in [2.05, 4.69) is 10.2 Å². The van der Waals surface area contributed by atoms with Gasteiger partial charge < -0.3 is 10.7 Å². The van der Waals surface area contributed by atoms with Gasteiger partial charge in [0.25, 0.3) is 0 Å². The van der Waals surface area contributed by atoms with Gasteiger partial charge >= 0.3 is 0 Å². The Bertz CT molecular complexity index is 690. The highest BCUT2D eigenvalue weighted by Crippen LogP contribution is 2.25. The number of nitrogens with zero attached hydrogens (tertiary/aromatic N) is 4. The van der Waals surface area contributed by atoms with Gasteiger partial charge in [-0.1, -0.05) is 47.3 Å². The van der Waals surface area contributed by atoms with Crippen LogP contribution in [0.5, 0.6) is 0 Å². The number of benzene rings is 1. The van der Waals surface area contributed by atoms with Crippen LogP contribution in [0.4, 0.5) is 0 Å². The number of aromatic nitrogens is 3. The van der Waals surface area contributed by atoms with Gasteiger partial charge in [-0.25, -0.2) is 4.68 Å². The van der Waals surface area contributed by atoms with Crippen molar-refractivity contribution in [3.8, 4) is 0 Å². The largest absolute Gasteiger partial charge is 0.343 e. The second-order valence-corrected chi connectivity index (χ2v) is 7.23. The molecule has 0 saturated heterocycles. The lowest BCUT2D eigenvalue weighted by Crippen LogP contribution is -2.32. The summed E-state index contributed by atoms with van der Waals surface area (Å²) < 4.78 is 1.43. The van der Waals surface area contributed by atoms with Crippen molar-refractivity contribution in [2.24, 2.45) is 0 Å². The number of thioether (sulfide) groups is 2. The Kier molecular flexibility index (Phi) is 7.26. The molecule has 1 aromatic heterocycles. The Morgan fingerprint density at radius 3 is 2.54 bits per heavy atom. The normalized spacial score (nSPS) is 10.8. The molecule has 0 aliphatic heterocycles. The third kappa shape index (κ3) is 5.06. The maximum atomic E-state index is 12.0. The summed E-state index contributed by atoms with van der Waals surface area (Å²) in [6.07, 6.45) is 0. The molecular formula is C15H20ClN5OS2. The molecule has 1 heterocycles. The Balaban J connectivity index is 1.92. The van der Waals surface area contributed by atoms with Gasteiger partial charge in [-0.05, 0) is 31.5 Å². The van der Waals surface area contributed by atoms with Crippen molar-refractivity contribution in [1.29, 1.82) is 0 Å². The lowest BCUT2D eigenvalue weighted by molar-refractivity contribution is -0.127. The molecule has 1 aromatic carbocycles. The lowest BCUT2D eigenvalue weighted by atomic mass is 10.2. The quantitative estimate of drug-likeness (QED) is 0.556. The molecule has 1 amide bonds. The number of carbonyl (C=O) groups is 1. The van der Waals surface area contributed by atoms with Crippen LogP contribution in [0.1, 0.15) is 19.4 Å². The topological polar surface area (TPSA) is 77.0 Å². The highest BCUT2D eigenvalue weighted by atomic mass is 35.5. The minimum atomic E-state index is 0.0705. The highest BCUT2D eigenvalue weighted by Gasteiger charge is 2.15. The van der Waals surface area contributed by atoms with Gasteiger partial charge in [-0.15, -0.1) is 10.2 Å². The summed E-state index contributed by atoms with van der Waals surface area (Å²) in [5.41, 5.74) is 1.08. The Morgan fingerprint density at radius 1 is 1.25 bits per heavy atom. The molecule has 2 aromatic rings. The average Bonchev–Trinajstić information content (AvgIpc) is 2.92. The molecule has 0 saturated carbocycles. The molecule has 0 aliphatic rings. The standard InChI is InChI=1S/C15H20ClN5OS2/c1-3-20(4-2)13(22)10-24-15-19-18-14(21(15)17)23-9-11-6-5-7-12(16)8-11/h5-8H,3-4,9-10,17H2,1-2H3. The number of halogens is 1. The van der Waals surface area contributed by atoms with E-state index in [0.29, 0.717) is 39.9 Å². The van der Waals surface area contributed by atoms with Crippen molar-refractivity contribution >= 4 is 41.0 Å². The van der Waals surface area contributed by atoms with Crippen molar-refractivity contribution in [1.82, 2.24) is 19.8 Å². The van der Waals surface area contributed by atoms with Crippen LogP contribution in [-0.2, 0) is 10.5 Å². The fraction of sp³-hybridized carbons (Fsp3) is 0.400. The molecule has 0 unspecified atom stereocenters. The number of nitrogen functional groups attached to an aromatic ring is 1. The number of hydrogen-bond acceptors (Lipinski definition) is 6. The summed E-state index contributed by atoms with van der Waals surface area (Å²) in [5, 5.41) is 9.99. The van der Waals surface area contributed by atoms with E-state index in [1.807, 2.05) is 38.1 Å². The average molecular weight is 386 g/mol. The van der Waals surface area contributed by atoms with Crippen molar-refractivity contribution in [2.75, 3.05) is 24.7 Å². The van der Waals surface area contributed by atoms with Gasteiger partial charge in [0.05, 0.1) is 5.75 Å².